The van der Waals surface area contributed by atoms with E-state index in [1.54, 1.807) is 0 Å². The van der Waals surface area contributed by atoms with Gasteiger partial charge in [0.2, 0.25) is 0 Å². The summed E-state index contributed by atoms with van der Waals surface area (Å²) in [5.41, 5.74) is 0.228. The molecule has 0 bridgehead atoms. The number of carbonyl (C=O) groups is 2. The number of carbonyl (C=O) groups excluding carboxylic acids is 1. The highest BCUT2D eigenvalue weighted by molar-refractivity contribution is 6.30. The van der Waals surface area contributed by atoms with E-state index in [1.165, 1.54) is 36.4 Å². The Balaban J connectivity index is 2.10. The molecular formula is C14H10ClFN2O3. The first kappa shape index (κ1) is 14.8. The zero-order chi connectivity index (χ0) is 15.4. The van der Waals surface area contributed by atoms with Gasteiger partial charge in [-0.05, 0) is 36.4 Å². The molecule has 108 valence electrons. The molecule has 2 rings (SSSR count). The van der Waals surface area contributed by atoms with Crippen molar-refractivity contribution in [1.29, 1.82) is 0 Å². The molecule has 0 fully saturated rings. The SMILES string of the molecule is O=C(Nc1cccc(C(=O)O)c1)Nc1cc(Cl)ccc1F. The highest BCUT2D eigenvalue weighted by Crippen LogP contribution is 2.20. The van der Waals surface area contributed by atoms with Crippen LogP contribution in [0.3, 0.4) is 0 Å². The molecule has 0 aliphatic carbocycles. The standard InChI is InChI=1S/C14H10ClFN2O3/c15-9-4-5-11(16)12(7-9)18-14(21)17-10-3-1-2-8(6-10)13(19)20/h1-7H,(H,19,20)(H2,17,18,21). The Labute approximate surface area is 124 Å². The second kappa shape index (κ2) is 6.23. The van der Waals surface area contributed by atoms with Crippen LogP contribution in [0.5, 0.6) is 0 Å². The van der Waals surface area contributed by atoms with E-state index in [1.807, 2.05) is 0 Å². The van der Waals surface area contributed by atoms with Gasteiger partial charge in [-0.2, -0.15) is 0 Å². The molecule has 0 aromatic heterocycles. The van der Waals surface area contributed by atoms with Crippen molar-refractivity contribution < 1.29 is 19.1 Å². The molecule has 2 aromatic rings. The number of carboxylic acid groups (broad SMARTS) is 1. The van der Waals surface area contributed by atoms with E-state index in [-0.39, 0.29) is 22.0 Å². The van der Waals surface area contributed by atoms with Crippen LogP contribution in [0.4, 0.5) is 20.6 Å². The van der Waals surface area contributed by atoms with Gasteiger partial charge in [-0.25, -0.2) is 14.0 Å². The third-order valence-corrected chi connectivity index (χ3v) is 2.78. The van der Waals surface area contributed by atoms with E-state index >= 15 is 0 Å². The van der Waals surface area contributed by atoms with Gasteiger partial charge in [0.05, 0.1) is 11.3 Å². The molecule has 0 aliphatic heterocycles. The Morgan fingerprint density at radius 3 is 2.57 bits per heavy atom. The lowest BCUT2D eigenvalue weighted by Crippen LogP contribution is -2.20. The van der Waals surface area contributed by atoms with Gasteiger partial charge >= 0.3 is 12.0 Å². The van der Waals surface area contributed by atoms with E-state index in [0.717, 1.165) is 6.07 Å². The zero-order valence-electron chi connectivity index (χ0n) is 10.6. The number of anilines is 2. The fourth-order valence-corrected chi connectivity index (χ4v) is 1.78. The summed E-state index contributed by atoms with van der Waals surface area (Å²) in [6.07, 6.45) is 0. The van der Waals surface area contributed by atoms with E-state index in [9.17, 15) is 14.0 Å². The smallest absolute Gasteiger partial charge is 0.335 e. The number of benzene rings is 2. The maximum Gasteiger partial charge on any atom is 0.335 e. The van der Waals surface area contributed by atoms with Gasteiger partial charge in [-0.1, -0.05) is 17.7 Å². The molecule has 0 spiro atoms. The van der Waals surface area contributed by atoms with Crippen molar-refractivity contribution in [3.8, 4) is 0 Å². The summed E-state index contributed by atoms with van der Waals surface area (Å²) >= 11 is 5.71. The highest BCUT2D eigenvalue weighted by atomic mass is 35.5. The third kappa shape index (κ3) is 3.93. The maximum atomic E-state index is 13.5. The summed E-state index contributed by atoms with van der Waals surface area (Å²) in [6, 6.07) is 8.72. The van der Waals surface area contributed by atoms with E-state index in [0.29, 0.717) is 0 Å². The van der Waals surface area contributed by atoms with Crippen molar-refractivity contribution >= 4 is 35.0 Å². The number of urea groups is 1. The first-order chi connectivity index (χ1) is 9.95. The summed E-state index contributed by atoms with van der Waals surface area (Å²) in [6.45, 7) is 0. The van der Waals surface area contributed by atoms with Crippen LogP contribution < -0.4 is 10.6 Å². The minimum absolute atomic E-state index is 0.0294. The minimum Gasteiger partial charge on any atom is -0.478 e. The molecule has 2 amide bonds. The van der Waals surface area contributed by atoms with Gasteiger partial charge in [0.25, 0.3) is 0 Å². The van der Waals surface area contributed by atoms with Gasteiger partial charge in [-0.3, -0.25) is 0 Å². The van der Waals surface area contributed by atoms with E-state index in [4.69, 9.17) is 16.7 Å². The fraction of sp³-hybridized carbons (Fsp3) is 0. The normalized spacial score (nSPS) is 10.0. The van der Waals surface area contributed by atoms with Gasteiger partial charge in [0.15, 0.2) is 0 Å². The van der Waals surface area contributed by atoms with Crippen molar-refractivity contribution in [1.82, 2.24) is 0 Å². The highest BCUT2D eigenvalue weighted by Gasteiger charge is 2.09. The van der Waals surface area contributed by atoms with Crippen LogP contribution in [0.2, 0.25) is 5.02 Å². The Morgan fingerprint density at radius 2 is 1.86 bits per heavy atom. The van der Waals surface area contributed by atoms with Gasteiger partial charge in [0, 0.05) is 10.7 Å². The lowest BCUT2D eigenvalue weighted by atomic mass is 10.2. The van der Waals surface area contributed by atoms with Crippen LogP contribution in [0, 0.1) is 5.82 Å². The van der Waals surface area contributed by atoms with Crippen molar-refractivity contribution in [3.05, 3.63) is 58.9 Å². The monoisotopic (exact) mass is 308 g/mol. The largest absolute Gasteiger partial charge is 0.478 e. The van der Waals surface area contributed by atoms with Crippen molar-refractivity contribution in [2.24, 2.45) is 0 Å². The van der Waals surface area contributed by atoms with Crippen molar-refractivity contribution in [3.63, 3.8) is 0 Å². The second-order valence-electron chi connectivity index (χ2n) is 4.09. The summed E-state index contributed by atoms with van der Waals surface area (Å²) in [5, 5.41) is 13.8. The number of rotatable bonds is 3. The van der Waals surface area contributed by atoms with Crippen LogP contribution in [0.15, 0.2) is 42.5 Å². The lowest BCUT2D eigenvalue weighted by Gasteiger charge is -2.09. The topological polar surface area (TPSA) is 78.4 Å². The number of amides is 2. The molecule has 21 heavy (non-hydrogen) atoms. The molecule has 0 unspecified atom stereocenters. The fourth-order valence-electron chi connectivity index (χ4n) is 1.61. The number of aromatic carboxylic acids is 1. The summed E-state index contributed by atoms with van der Waals surface area (Å²) in [7, 11) is 0. The van der Waals surface area contributed by atoms with Gasteiger partial charge in [0.1, 0.15) is 5.82 Å². The molecule has 0 heterocycles. The summed E-state index contributed by atoms with van der Waals surface area (Å²) in [4.78, 5) is 22.6. The summed E-state index contributed by atoms with van der Waals surface area (Å²) < 4.78 is 13.5. The quantitative estimate of drug-likeness (QED) is 0.806. The first-order valence-corrected chi connectivity index (χ1v) is 6.20. The minimum atomic E-state index is -1.11. The molecule has 2 aromatic carbocycles. The van der Waals surface area contributed by atoms with E-state index in [2.05, 4.69) is 10.6 Å². The predicted octanol–water partition coefficient (Wildman–Crippen LogP) is 3.82. The average Bonchev–Trinajstić information content (AvgIpc) is 2.43. The molecule has 7 heteroatoms. The molecule has 5 nitrogen and oxygen atoms in total. The maximum absolute atomic E-state index is 13.5. The molecule has 0 aliphatic rings. The molecule has 0 saturated carbocycles. The lowest BCUT2D eigenvalue weighted by molar-refractivity contribution is 0.0697. The molecule has 0 saturated heterocycles. The Kier molecular flexibility index (Phi) is 4.39. The van der Waals surface area contributed by atoms with Crippen molar-refractivity contribution in [2.75, 3.05) is 10.6 Å². The number of nitrogens with one attached hydrogen (secondary N) is 2. The second-order valence-corrected chi connectivity index (χ2v) is 4.53. The first-order valence-electron chi connectivity index (χ1n) is 5.82. The average molecular weight is 309 g/mol. The van der Waals surface area contributed by atoms with E-state index < -0.39 is 17.8 Å². The molecular weight excluding hydrogens is 299 g/mol. The van der Waals surface area contributed by atoms with Crippen molar-refractivity contribution in [2.45, 2.75) is 0 Å². The number of halogens is 2. The van der Waals surface area contributed by atoms with Crippen LogP contribution in [0.1, 0.15) is 10.4 Å². The molecule has 3 N–H and O–H groups in total. The predicted molar refractivity (Wildman–Crippen MR) is 77.5 cm³/mol. The Morgan fingerprint density at radius 1 is 1.10 bits per heavy atom. The number of hydrogen-bond donors (Lipinski definition) is 3. The Bertz CT molecular complexity index is 706. The van der Waals surface area contributed by atoms with Crippen LogP contribution in [-0.4, -0.2) is 17.1 Å². The van der Waals surface area contributed by atoms with Crippen LogP contribution >= 0.6 is 11.6 Å². The van der Waals surface area contributed by atoms with Crippen LogP contribution in [0.25, 0.3) is 0 Å². The van der Waals surface area contributed by atoms with Crippen LogP contribution in [-0.2, 0) is 0 Å². The molecule has 0 atom stereocenters. The summed E-state index contributed by atoms with van der Waals surface area (Å²) in [5.74, 6) is -1.74. The van der Waals surface area contributed by atoms with Gasteiger partial charge < -0.3 is 15.7 Å². The number of carboxylic acids is 1. The number of hydrogen-bond acceptors (Lipinski definition) is 2. The van der Waals surface area contributed by atoms with Gasteiger partial charge in [-0.15, -0.1) is 0 Å². The zero-order valence-corrected chi connectivity index (χ0v) is 11.3. The third-order valence-electron chi connectivity index (χ3n) is 2.54. The molecule has 0 radical (unpaired) electrons. The Hall–Kier alpha value is -2.60.